The van der Waals surface area contributed by atoms with Crippen molar-refractivity contribution in [3.63, 3.8) is 0 Å². The Hall–Kier alpha value is -2.31. The predicted molar refractivity (Wildman–Crippen MR) is 63.3 cm³/mol. The number of anilines is 1. The van der Waals surface area contributed by atoms with Crippen molar-refractivity contribution in [2.75, 3.05) is 5.73 Å². The largest absolute Gasteiger partial charge is 0.573 e. The highest BCUT2D eigenvalue weighted by Gasteiger charge is 2.31. The second-order valence-corrected chi connectivity index (χ2v) is 3.81. The van der Waals surface area contributed by atoms with E-state index < -0.39 is 6.36 Å². The van der Waals surface area contributed by atoms with Crippen molar-refractivity contribution in [1.29, 1.82) is 0 Å². The molecule has 2 N–H and O–H groups in total. The lowest BCUT2D eigenvalue weighted by molar-refractivity contribution is -0.274. The topological polar surface area (TPSA) is 61.0 Å². The van der Waals surface area contributed by atoms with Gasteiger partial charge >= 0.3 is 6.36 Å². The molecule has 0 aliphatic rings. The summed E-state index contributed by atoms with van der Waals surface area (Å²) in [5.74, 6) is -0.0197. The molecule has 0 unspecified atom stereocenters. The quantitative estimate of drug-likeness (QED) is 0.910. The van der Waals surface area contributed by atoms with Crippen molar-refractivity contribution in [1.82, 2.24) is 9.97 Å². The van der Waals surface area contributed by atoms with E-state index >= 15 is 0 Å². The van der Waals surface area contributed by atoms with Crippen LogP contribution in [0, 0.1) is 6.92 Å². The molecule has 19 heavy (non-hydrogen) atoms. The highest BCUT2D eigenvalue weighted by atomic mass is 19.4. The number of aromatic nitrogens is 2. The Morgan fingerprint density at radius 3 is 2.63 bits per heavy atom. The van der Waals surface area contributed by atoms with E-state index in [9.17, 15) is 13.2 Å². The van der Waals surface area contributed by atoms with E-state index in [0.29, 0.717) is 16.8 Å². The van der Waals surface area contributed by atoms with Gasteiger partial charge in [-0.1, -0.05) is 12.1 Å². The lowest BCUT2D eigenvalue weighted by Crippen LogP contribution is -2.17. The zero-order chi connectivity index (χ0) is 14.0. The van der Waals surface area contributed by atoms with Crippen molar-refractivity contribution < 1.29 is 17.9 Å². The molecule has 0 aliphatic heterocycles. The van der Waals surface area contributed by atoms with Crippen molar-refractivity contribution in [2.45, 2.75) is 13.3 Å². The van der Waals surface area contributed by atoms with E-state index in [4.69, 9.17) is 5.73 Å². The number of rotatable bonds is 2. The highest BCUT2D eigenvalue weighted by Crippen LogP contribution is 2.29. The Kier molecular flexibility index (Phi) is 3.28. The molecule has 0 saturated heterocycles. The molecule has 0 fully saturated rings. The number of hydrogen-bond acceptors (Lipinski definition) is 4. The molecule has 0 saturated carbocycles. The van der Waals surface area contributed by atoms with Crippen molar-refractivity contribution in [2.24, 2.45) is 0 Å². The summed E-state index contributed by atoms with van der Waals surface area (Å²) < 4.78 is 40.3. The Bertz CT molecular complexity index is 599. The number of benzene rings is 1. The zero-order valence-electron chi connectivity index (χ0n) is 9.90. The van der Waals surface area contributed by atoms with Crippen LogP contribution in [0.3, 0.4) is 0 Å². The van der Waals surface area contributed by atoms with Gasteiger partial charge in [-0.25, -0.2) is 9.97 Å². The Labute approximate surface area is 107 Å². The van der Waals surface area contributed by atoms with Crippen LogP contribution in [-0.2, 0) is 0 Å². The molecule has 4 nitrogen and oxygen atoms in total. The summed E-state index contributed by atoms with van der Waals surface area (Å²) in [7, 11) is 0. The summed E-state index contributed by atoms with van der Waals surface area (Å²) in [6.07, 6.45) is -3.46. The van der Waals surface area contributed by atoms with Gasteiger partial charge in [0.2, 0.25) is 0 Å². The van der Waals surface area contributed by atoms with E-state index in [1.54, 1.807) is 13.0 Å². The molecule has 0 aliphatic carbocycles. The van der Waals surface area contributed by atoms with E-state index in [0.717, 1.165) is 0 Å². The fourth-order valence-corrected chi connectivity index (χ4v) is 1.60. The summed E-state index contributed by atoms with van der Waals surface area (Å²) in [5, 5.41) is 0. The fourth-order valence-electron chi connectivity index (χ4n) is 1.60. The van der Waals surface area contributed by atoms with Crippen LogP contribution in [0.2, 0.25) is 0 Å². The first-order valence-corrected chi connectivity index (χ1v) is 5.30. The predicted octanol–water partition coefficient (Wildman–Crippen LogP) is 2.93. The third kappa shape index (κ3) is 3.12. The van der Waals surface area contributed by atoms with Crippen molar-refractivity contribution in [3.05, 3.63) is 36.2 Å². The van der Waals surface area contributed by atoms with Crippen molar-refractivity contribution >= 4 is 5.82 Å². The number of hydrogen-bond donors (Lipinski definition) is 1. The molecule has 0 amide bonds. The molecule has 1 heterocycles. The van der Waals surface area contributed by atoms with Crippen LogP contribution in [0.5, 0.6) is 5.75 Å². The first kappa shape index (κ1) is 13.1. The average Bonchev–Trinajstić information content (AvgIpc) is 2.31. The Balaban J connectivity index is 2.41. The molecule has 7 heteroatoms. The van der Waals surface area contributed by atoms with Crippen LogP contribution in [0.4, 0.5) is 19.0 Å². The maximum Gasteiger partial charge on any atom is 0.573 e. The Morgan fingerprint density at radius 2 is 1.95 bits per heavy atom. The highest BCUT2D eigenvalue weighted by molar-refractivity contribution is 5.68. The fraction of sp³-hybridized carbons (Fsp3) is 0.167. The van der Waals surface area contributed by atoms with Crippen LogP contribution in [-0.4, -0.2) is 16.3 Å². The minimum atomic E-state index is -4.72. The van der Waals surface area contributed by atoms with Gasteiger partial charge in [0.05, 0.1) is 5.69 Å². The lowest BCUT2D eigenvalue weighted by Gasteiger charge is -2.11. The lowest BCUT2D eigenvalue weighted by atomic mass is 10.1. The summed E-state index contributed by atoms with van der Waals surface area (Å²) in [4.78, 5) is 7.82. The summed E-state index contributed by atoms with van der Waals surface area (Å²) in [6.45, 7) is 1.70. The van der Waals surface area contributed by atoms with E-state index in [1.165, 1.54) is 24.5 Å². The minimum Gasteiger partial charge on any atom is -0.406 e. The molecule has 1 aromatic carbocycles. The summed E-state index contributed by atoms with van der Waals surface area (Å²) in [5.41, 5.74) is 7.19. The van der Waals surface area contributed by atoms with Gasteiger partial charge in [-0.15, -0.1) is 13.2 Å². The molecular formula is C12H10F3N3O. The number of nitrogens with zero attached hydrogens (tertiary/aromatic N) is 2. The number of halogens is 3. The molecule has 100 valence electrons. The maximum atomic E-state index is 12.2. The van der Waals surface area contributed by atoms with Crippen LogP contribution >= 0.6 is 0 Å². The van der Waals surface area contributed by atoms with Gasteiger partial charge in [0.1, 0.15) is 17.9 Å². The summed E-state index contributed by atoms with van der Waals surface area (Å²) in [6, 6.07) is 5.55. The van der Waals surface area contributed by atoms with Gasteiger partial charge in [-0.3, -0.25) is 0 Å². The van der Waals surface area contributed by atoms with Crippen LogP contribution in [0.15, 0.2) is 30.6 Å². The van der Waals surface area contributed by atoms with E-state index in [1.807, 2.05) is 0 Å². The van der Waals surface area contributed by atoms with E-state index in [-0.39, 0.29) is 11.6 Å². The normalized spacial score (nSPS) is 11.4. The first-order chi connectivity index (χ1) is 8.87. The summed E-state index contributed by atoms with van der Waals surface area (Å²) >= 11 is 0. The van der Waals surface area contributed by atoms with Gasteiger partial charge in [0.15, 0.2) is 0 Å². The molecule has 0 atom stereocenters. The minimum absolute atomic E-state index is 0.284. The zero-order valence-corrected chi connectivity index (χ0v) is 9.90. The number of ether oxygens (including phenoxy) is 1. The molecule has 0 radical (unpaired) electrons. The second kappa shape index (κ2) is 4.75. The van der Waals surface area contributed by atoms with Gasteiger partial charge in [0.25, 0.3) is 0 Å². The number of alkyl halides is 3. The average molecular weight is 269 g/mol. The molecule has 2 rings (SSSR count). The maximum absolute atomic E-state index is 12.2. The van der Waals surface area contributed by atoms with Gasteiger partial charge in [0, 0.05) is 11.1 Å². The van der Waals surface area contributed by atoms with Gasteiger partial charge < -0.3 is 10.5 Å². The second-order valence-electron chi connectivity index (χ2n) is 3.81. The smallest absolute Gasteiger partial charge is 0.406 e. The Morgan fingerprint density at radius 1 is 1.21 bits per heavy atom. The molecular weight excluding hydrogens is 259 g/mol. The van der Waals surface area contributed by atoms with Gasteiger partial charge in [-0.2, -0.15) is 0 Å². The monoisotopic (exact) mass is 269 g/mol. The standard InChI is InChI=1S/C12H10F3N3O/c1-7-10(17-6-18-11(7)16)8-3-2-4-9(5-8)19-12(13,14)15/h2-6H,1H3,(H2,16,17,18). The molecule has 0 bridgehead atoms. The third-order valence-electron chi connectivity index (χ3n) is 2.46. The first-order valence-electron chi connectivity index (χ1n) is 5.30. The molecule has 2 aromatic rings. The SMILES string of the molecule is Cc1c(N)ncnc1-c1cccc(OC(F)(F)F)c1. The third-order valence-corrected chi connectivity index (χ3v) is 2.46. The molecule has 1 aromatic heterocycles. The van der Waals surface area contributed by atoms with Crippen LogP contribution < -0.4 is 10.5 Å². The van der Waals surface area contributed by atoms with Crippen LogP contribution in [0.25, 0.3) is 11.3 Å². The molecule has 0 spiro atoms. The number of nitrogens with two attached hydrogens (primary N) is 1. The van der Waals surface area contributed by atoms with Gasteiger partial charge in [-0.05, 0) is 19.1 Å². The van der Waals surface area contributed by atoms with Crippen LogP contribution in [0.1, 0.15) is 5.56 Å². The van der Waals surface area contributed by atoms with Crippen molar-refractivity contribution in [3.8, 4) is 17.0 Å². The van der Waals surface area contributed by atoms with E-state index in [2.05, 4.69) is 14.7 Å². The number of nitrogen functional groups attached to an aromatic ring is 1.